The lowest BCUT2D eigenvalue weighted by Gasteiger charge is -2.02. The fraction of sp³-hybridized carbons (Fsp3) is 0.133. The minimum Gasteiger partial charge on any atom is -0.330 e. The fourth-order valence-corrected chi connectivity index (χ4v) is 2.45. The number of benzene rings is 1. The Balaban J connectivity index is 2.17. The molecule has 19 heavy (non-hydrogen) atoms. The van der Waals surface area contributed by atoms with Crippen molar-refractivity contribution in [1.82, 2.24) is 9.97 Å². The summed E-state index contributed by atoms with van der Waals surface area (Å²) in [6.07, 6.45) is 2.08. The first-order valence-corrected chi connectivity index (χ1v) is 6.36. The number of rotatable bonds is 3. The zero-order valence-corrected chi connectivity index (χ0v) is 10.8. The third kappa shape index (κ3) is 2.22. The Labute approximate surface area is 115 Å². The molecule has 2 aromatic heterocycles. The molecule has 1 radical (unpaired) electrons. The zero-order valence-electron chi connectivity index (χ0n) is 10.1. The third-order valence-corrected chi connectivity index (χ3v) is 3.42. The van der Waals surface area contributed by atoms with Gasteiger partial charge in [0, 0.05) is 29.1 Å². The van der Waals surface area contributed by atoms with Crippen LogP contribution in [0.5, 0.6) is 0 Å². The molecule has 3 rings (SSSR count). The zero-order chi connectivity index (χ0) is 13.2. The monoisotopic (exact) mass is 273 g/mol. The molecule has 4 heteroatoms. The molecule has 0 amide bonds. The summed E-state index contributed by atoms with van der Waals surface area (Å²) < 4.78 is 12.6. The van der Waals surface area contributed by atoms with Crippen molar-refractivity contribution in [3.63, 3.8) is 0 Å². The van der Waals surface area contributed by atoms with Gasteiger partial charge < -0.3 is 4.98 Å². The van der Waals surface area contributed by atoms with Crippen LogP contribution in [0.1, 0.15) is 5.56 Å². The molecule has 0 saturated carbocycles. The molecule has 0 fully saturated rings. The number of aromatic amines is 1. The van der Waals surface area contributed by atoms with E-state index in [2.05, 4.69) is 16.0 Å². The Hall–Kier alpha value is -1.87. The Kier molecular flexibility index (Phi) is 3.22. The standard InChI is InChI=1S/C15H11ClFN2/c16-14-12(6-7-17)13-8-11(9-18-15(13)19-14)10-4-2-1-3-5-10/h2-5,8-9H,6-7H2,(H,18,19). The minimum atomic E-state index is -0.433. The molecular formula is C15H11ClFN2. The smallest absolute Gasteiger partial charge is 0.138 e. The van der Waals surface area contributed by atoms with Gasteiger partial charge in [-0.25, -0.2) is 4.98 Å². The maximum atomic E-state index is 12.6. The van der Waals surface area contributed by atoms with Gasteiger partial charge in [-0.1, -0.05) is 35.9 Å². The van der Waals surface area contributed by atoms with Gasteiger partial charge in [0.25, 0.3) is 0 Å². The number of alkyl halides is 1. The van der Waals surface area contributed by atoms with Crippen LogP contribution in [0.15, 0.2) is 36.5 Å². The van der Waals surface area contributed by atoms with Crippen molar-refractivity contribution in [3.05, 3.63) is 53.3 Å². The molecule has 0 spiro atoms. The molecule has 0 bridgehead atoms. The molecule has 0 atom stereocenters. The number of hydrogen-bond acceptors (Lipinski definition) is 1. The summed E-state index contributed by atoms with van der Waals surface area (Å²) in [7, 11) is 0. The number of fused-ring (bicyclic) bond motifs is 1. The van der Waals surface area contributed by atoms with Crippen molar-refractivity contribution in [3.8, 4) is 11.1 Å². The van der Waals surface area contributed by atoms with Crippen molar-refractivity contribution >= 4 is 22.6 Å². The Morgan fingerprint density at radius 2 is 2.05 bits per heavy atom. The van der Waals surface area contributed by atoms with Crippen LogP contribution in [-0.4, -0.2) is 16.6 Å². The fourth-order valence-electron chi connectivity index (χ4n) is 2.17. The number of aromatic nitrogens is 2. The van der Waals surface area contributed by atoms with Crippen LogP contribution >= 0.6 is 11.6 Å². The number of H-pyrrole nitrogens is 1. The highest BCUT2D eigenvalue weighted by atomic mass is 35.5. The van der Waals surface area contributed by atoms with Gasteiger partial charge in [0.05, 0.1) is 6.67 Å². The van der Waals surface area contributed by atoms with Crippen molar-refractivity contribution in [2.24, 2.45) is 0 Å². The van der Waals surface area contributed by atoms with E-state index in [0.717, 1.165) is 22.1 Å². The van der Waals surface area contributed by atoms with Crippen molar-refractivity contribution in [2.75, 3.05) is 6.67 Å². The van der Waals surface area contributed by atoms with Crippen molar-refractivity contribution in [2.45, 2.75) is 6.42 Å². The number of halogens is 2. The quantitative estimate of drug-likeness (QED) is 0.761. The second-order valence-electron chi connectivity index (χ2n) is 4.27. The van der Waals surface area contributed by atoms with Gasteiger partial charge in [-0.15, -0.1) is 0 Å². The number of pyridine rings is 1. The maximum absolute atomic E-state index is 12.6. The van der Waals surface area contributed by atoms with E-state index in [-0.39, 0.29) is 0 Å². The van der Waals surface area contributed by atoms with Crippen LogP contribution in [-0.2, 0) is 6.42 Å². The highest BCUT2D eigenvalue weighted by molar-refractivity contribution is 6.31. The van der Waals surface area contributed by atoms with E-state index in [9.17, 15) is 4.39 Å². The summed E-state index contributed by atoms with van der Waals surface area (Å²) in [5.41, 5.74) is 3.52. The van der Waals surface area contributed by atoms with Crippen molar-refractivity contribution < 1.29 is 4.39 Å². The Morgan fingerprint density at radius 3 is 2.79 bits per heavy atom. The summed E-state index contributed by atoms with van der Waals surface area (Å²) in [6.45, 7) is -0.433. The molecule has 1 N–H and O–H groups in total. The van der Waals surface area contributed by atoms with E-state index in [1.54, 1.807) is 6.20 Å². The highest BCUT2D eigenvalue weighted by Crippen LogP contribution is 2.29. The Bertz CT molecular complexity index is 707. The van der Waals surface area contributed by atoms with Gasteiger partial charge in [-0.05, 0) is 17.7 Å². The summed E-state index contributed by atoms with van der Waals surface area (Å²) in [4.78, 5) is 7.32. The molecule has 3 aromatic rings. The number of hydrogen-bond donors (Lipinski definition) is 1. The van der Waals surface area contributed by atoms with Crippen molar-refractivity contribution in [1.29, 1.82) is 0 Å². The van der Waals surface area contributed by atoms with Gasteiger partial charge in [0.15, 0.2) is 0 Å². The first-order chi connectivity index (χ1) is 9.29. The summed E-state index contributed by atoms with van der Waals surface area (Å²) in [5, 5.41) is 1.35. The molecule has 0 unspecified atom stereocenters. The lowest BCUT2D eigenvalue weighted by atomic mass is 10.1. The largest absolute Gasteiger partial charge is 0.330 e. The Morgan fingerprint density at radius 1 is 1.26 bits per heavy atom. The third-order valence-electron chi connectivity index (χ3n) is 3.10. The van der Waals surface area contributed by atoms with E-state index >= 15 is 0 Å². The lowest BCUT2D eigenvalue weighted by Crippen LogP contribution is -1.87. The van der Waals surface area contributed by atoms with Gasteiger partial charge in [0.1, 0.15) is 10.8 Å². The van der Waals surface area contributed by atoms with Crippen LogP contribution in [0.3, 0.4) is 0 Å². The van der Waals surface area contributed by atoms with E-state index in [1.165, 1.54) is 0 Å². The molecule has 0 aliphatic rings. The molecular weight excluding hydrogens is 263 g/mol. The van der Waals surface area contributed by atoms with E-state index < -0.39 is 6.67 Å². The predicted octanol–water partition coefficient (Wildman–Crippen LogP) is 4.20. The summed E-state index contributed by atoms with van der Waals surface area (Å²) in [6, 6.07) is 12.6. The minimum absolute atomic E-state index is 0.298. The van der Waals surface area contributed by atoms with Crippen LogP contribution < -0.4 is 0 Å². The molecule has 0 saturated heterocycles. The normalized spacial score (nSPS) is 11.1. The van der Waals surface area contributed by atoms with Gasteiger partial charge in [0.2, 0.25) is 0 Å². The van der Waals surface area contributed by atoms with Gasteiger partial charge >= 0.3 is 0 Å². The lowest BCUT2D eigenvalue weighted by molar-refractivity contribution is 0.496. The SMILES string of the molecule is FCCc1c(Cl)[nH]c2ncc(-c3cc[c]cc3)cc12. The second-order valence-corrected chi connectivity index (χ2v) is 4.64. The second kappa shape index (κ2) is 5.02. The van der Waals surface area contributed by atoms with Crippen LogP contribution in [0, 0.1) is 6.07 Å². The first-order valence-electron chi connectivity index (χ1n) is 5.98. The van der Waals surface area contributed by atoms with E-state index in [4.69, 9.17) is 11.6 Å². The molecule has 0 aliphatic carbocycles. The number of aryl methyl sites for hydroxylation is 1. The van der Waals surface area contributed by atoms with Crippen LogP contribution in [0.4, 0.5) is 4.39 Å². The van der Waals surface area contributed by atoms with Crippen LogP contribution in [0.2, 0.25) is 5.15 Å². The average Bonchev–Trinajstić information content (AvgIpc) is 2.76. The highest BCUT2D eigenvalue weighted by Gasteiger charge is 2.11. The number of nitrogens with zero attached hydrogens (tertiary/aromatic N) is 1. The maximum Gasteiger partial charge on any atom is 0.138 e. The molecule has 2 heterocycles. The first kappa shape index (κ1) is 12.2. The van der Waals surface area contributed by atoms with Crippen LogP contribution in [0.25, 0.3) is 22.2 Å². The summed E-state index contributed by atoms with van der Waals surface area (Å²) >= 11 is 6.08. The predicted molar refractivity (Wildman–Crippen MR) is 75.1 cm³/mol. The molecule has 1 aromatic carbocycles. The van der Waals surface area contributed by atoms with Gasteiger partial charge in [-0.2, -0.15) is 0 Å². The van der Waals surface area contributed by atoms with E-state index in [0.29, 0.717) is 17.2 Å². The summed E-state index contributed by atoms with van der Waals surface area (Å²) in [5.74, 6) is 0. The molecule has 95 valence electrons. The average molecular weight is 274 g/mol. The topological polar surface area (TPSA) is 28.7 Å². The molecule has 0 aliphatic heterocycles. The number of nitrogens with one attached hydrogen (secondary N) is 1. The van der Waals surface area contributed by atoms with Gasteiger partial charge in [-0.3, -0.25) is 4.39 Å². The molecule has 2 nitrogen and oxygen atoms in total. The van der Waals surface area contributed by atoms with E-state index in [1.807, 2.05) is 30.3 Å².